The van der Waals surface area contributed by atoms with Crippen LogP contribution in [0.3, 0.4) is 0 Å². The first-order chi connectivity index (χ1) is 12.4. The molecule has 1 saturated heterocycles. The van der Waals surface area contributed by atoms with Crippen LogP contribution in [-0.4, -0.2) is 49.7 Å². The molecule has 0 bridgehead atoms. The Labute approximate surface area is 166 Å². The van der Waals surface area contributed by atoms with Crippen molar-refractivity contribution in [1.29, 1.82) is 5.26 Å². The molecule has 2 aromatic rings. The molecule has 1 aliphatic heterocycles. The Morgan fingerprint density at radius 3 is 2.27 bits per heavy atom. The first-order valence-electron chi connectivity index (χ1n) is 7.98. The fraction of sp³-hybridized carbons (Fsp3) is 0.222. The molecule has 0 saturated carbocycles. The van der Waals surface area contributed by atoms with Crippen LogP contribution in [-0.2, 0) is 10.0 Å². The van der Waals surface area contributed by atoms with Gasteiger partial charge in [0.2, 0.25) is 10.0 Å². The molecule has 2 aromatic carbocycles. The minimum atomic E-state index is -3.76. The first-order valence-corrected chi connectivity index (χ1v) is 10.5. The highest BCUT2D eigenvalue weighted by Gasteiger charge is 2.32. The van der Waals surface area contributed by atoms with Crippen molar-refractivity contribution in [3.8, 4) is 6.07 Å². The molecule has 1 heterocycles. The molecule has 1 amide bonds. The Balaban J connectivity index is 1.75. The lowest BCUT2D eigenvalue weighted by molar-refractivity contribution is 0.0697. The number of benzene rings is 2. The number of amides is 1. The molecule has 0 aliphatic carbocycles. The summed E-state index contributed by atoms with van der Waals surface area (Å²) in [6.45, 7) is 1.05. The number of nitriles is 1. The molecule has 134 valence electrons. The van der Waals surface area contributed by atoms with Gasteiger partial charge < -0.3 is 4.90 Å². The molecule has 1 aliphatic rings. The number of carbonyl (C=O) groups excluding carboxylic acids is 1. The Morgan fingerprint density at radius 1 is 1.00 bits per heavy atom. The Hall–Kier alpha value is -1.96. The van der Waals surface area contributed by atoms with Crippen LogP contribution in [0.4, 0.5) is 0 Å². The van der Waals surface area contributed by atoms with E-state index in [1.165, 1.54) is 16.4 Å². The maximum absolute atomic E-state index is 12.8. The van der Waals surface area contributed by atoms with Crippen LogP contribution < -0.4 is 0 Å². The average molecular weight is 481 g/mol. The van der Waals surface area contributed by atoms with E-state index in [-0.39, 0.29) is 29.5 Å². The first kappa shape index (κ1) is 18.8. The van der Waals surface area contributed by atoms with E-state index in [0.29, 0.717) is 18.7 Å². The number of nitrogens with zero attached hydrogens (tertiary/aromatic N) is 3. The average Bonchev–Trinajstić information content (AvgIpc) is 2.68. The second-order valence-electron chi connectivity index (χ2n) is 5.78. The normalized spacial score (nSPS) is 15.5. The van der Waals surface area contributed by atoms with Crippen LogP contribution in [0.1, 0.15) is 15.9 Å². The summed E-state index contributed by atoms with van der Waals surface area (Å²) in [5.41, 5.74) is 0.754. The molecule has 0 unspecified atom stereocenters. The van der Waals surface area contributed by atoms with Gasteiger partial charge in [0.25, 0.3) is 5.91 Å². The van der Waals surface area contributed by atoms with E-state index in [2.05, 4.69) is 22.6 Å². The number of halogens is 1. The van der Waals surface area contributed by atoms with Crippen LogP contribution in [0.15, 0.2) is 53.4 Å². The summed E-state index contributed by atoms with van der Waals surface area (Å²) >= 11 is 2.12. The third-order valence-corrected chi connectivity index (χ3v) is 7.15. The second kappa shape index (κ2) is 7.73. The highest BCUT2D eigenvalue weighted by atomic mass is 127. The molecule has 0 N–H and O–H groups in total. The van der Waals surface area contributed by atoms with Gasteiger partial charge in [-0.05, 0) is 46.9 Å². The van der Waals surface area contributed by atoms with Crippen molar-refractivity contribution in [2.45, 2.75) is 4.90 Å². The standard InChI is InChI=1S/C18H16IN3O3S/c19-16-7-3-2-6-15(16)18(23)21-9-11-22(12-10-21)26(24,25)17-8-4-1-5-14(17)13-20/h1-8H,9-12H2. The van der Waals surface area contributed by atoms with Crippen molar-refractivity contribution in [2.24, 2.45) is 0 Å². The molecule has 0 atom stereocenters. The van der Waals surface area contributed by atoms with Gasteiger partial charge in [0, 0.05) is 29.7 Å². The van der Waals surface area contributed by atoms with Gasteiger partial charge >= 0.3 is 0 Å². The number of piperazine rings is 1. The smallest absolute Gasteiger partial charge is 0.255 e. The molecule has 0 spiro atoms. The van der Waals surface area contributed by atoms with Gasteiger partial charge in [-0.15, -0.1) is 0 Å². The van der Waals surface area contributed by atoms with Gasteiger partial charge in [-0.2, -0.15) is 9.57 Å². The highest BCUT2D eigenvalue weighted by molar-refractivity contribution is 14.1. The van der Waals surface area contributed by atoms with Crippen LogP contribution in [0.5, 0.6) is 0 Å². The van der Waals surface area contributed by atoms with Crippen molar-refractivity contribution in [3.63, 3.8) is 0 Å². The molecule has 6 nitrogen and oxygen atoms in total. The number of hydrogen-bond acceptors (Lipinski definition) is 4. The van der Waals surface area contributed by atoms with Crippen LogP contribution in [0.2, 0.25) is 0 Å². The lowest BCUT2D eigenvalue weighted by Crippen LogP contribution is -2.50. The van der Waals surface area contributed by atoms with E-state index in [9.17, 15) is 13.2 Å². The van der Waals surface area contributed by atoms with Gasteiger partial charge in [0.05, 0.1) is 16.0 Å². The SMILES string of the molecule is N#Cc1ccccc1S(=O)(=O)N1CCN(C(=O)c2ccccc2I)CC1. The van der Waals surface area contributed by atoms with E-state index in [1.54, 1.807) is 23.1 Å². The fourth-order valence-electron chi connectivity index (χ4n) is 2.86. The van der Waals surface area contributed by atoms with Crippen molar-refractivity contribution < 1.29 is 13.2 Å². The van der Waals surface area contributed by atoms with Crippen LogP contribution in [0.25, 0.3) is 0 Å². The third kappa shape index (κ3) is 3.60. The van der Waals surface area contributed by atoms with Crippen molar-refractivity contribution in [2.75, 3.05) is 26.2 Å². The zero-order valence-corrected chi connectivity index (χ0v) is 16.8. The number of hydrogen-bond donors (Lipinski definition) is 0. The summed E-state index contributed by atoms with van der Waals surface area (Å²) in [4.78, 5) is 14.3. The Kier molecular flexibility index (Phi) is 5.60. The molecular weight excluding hydrogens is 465 g/mol. The monoisotopic (exact) mass is 481 g/mol. The molecule has 0 radical (unpaired) electrons. The van der Waals surface area contributed by atoms with Gasteiger partial charge in [0.15, 0.2) is 0 Å². The summed E-state index contributed by atoms with van der Waals surface area (Å²) in [6.07, 6.45) is 0. The van der Waals surface area contributed by atoms with Crippen molar-refractivity contribution >= 4 is 38.5 Å². The van der Waals surface area contributed by atoms with Crippen molar-refractivity contribution in [3.05, 3.63) is 63.2 Å². The second-order valence-corrected chi connectivity index (χ2v) is 8.85. The quantitative estimate of drug-likeness (QED) is 0.631. The molecule has 1 fully saturated rings. The Morgan fingerprint density at radius 2 is 1.62 bits per heavy atom. The zero-order valence-electron chi connectivity index (χ0n) is 13.8. The molecule has 26 heavy (non-hydrogen) atoms. The highest BCUT2D eigenvalue weighted by Crippen LogP contribution is 2.22. The van der Waals surface area contributed by atoms with E-state index in [0.717, 1.165) is 3.57 Å². The maximum Gasteiger partial charge on any atom is 0.255 e. The summed E-state index contributed by atoms with van der Waals surface area (Å²) in [5.74, 6) is -0.0931. The number of rotatable bonds is 3. The number of carbonyl (C=O) groups is 1. The van der Waals surface area contributed by atoms with E-state index in [1.807, 2.05) is 24.3 Å². The van der Waals surface area contributed by atoms with Crippen molar-refractivity contribution in [1.82, 2.24) is 9.21 Å². The van der Waals surface area contributed by atoms with E-state index >= 15 is 0 Å². The van der Waals surface area contributed by atoms with Gasteiger partial charge in [-0.3, -0.25) is 4.79 Å². The van der Waals surface area contributed by atoms with Crippen LogP contribution >= 0.6 is 22.6 Å². The maximum atomic E-state index is 12.8. The molecule has 8 heteroatoms. The number of sulfonamides is 1. The molecule has 0 aromatic heterocycles. The largest absolute Gasteiger partial charge is 0.336 e. The summed E-state index contributed by atoms with van der Waals surface area (Å²) in [7, 11) is -3.76. The van der Waals surface area contributed by atoms with Gasteiger partial charge in [0.1, 0.15) is 6.07 Å². The molecule has 3 rings (SSSR count). The van der Waals surface area contributed by atoms with Crippen LogP contribution in [0, 0.1) is 14.9 Å². The summed E-state index contributed by atoms with van der Waals surface area (Å²) in [6, 6.07) is 15.4. The minimum absolute atomic E-state index is 0.0138. The topological polar surface area (TPSA) is 81.5 Å². The van der Waals surface area contributed by atoms with E-state index < -0.39 is 10.0 Å². The predicted molar refractivity (Wildman–Crippen MR) is 105 cm³/mol. The summed E-state index contributed by atoms with van der Waals surface area (Å²) in [5, 5.41) is 9.16. The Bertz CT molecular complexity index is 977. The lowest BCUT2D eigenvalue weighted by Gasteiger charge is -2.34. The summed E-state index contributed by atoms with van der Waals surface area (Å²) < 4.78 is 27.9. The minimum Gasteiger partial charge on any atom is -0.336 e. The fourth-order valence-corrected chi connectivity index (χ4v) is 5.04. The predicted octanol–water partition coefficient (Wildman–Crippen LogP) is 2.31. The third-order valence-electron chi connectivity index (χ3n) is 4.26. The van der Waals surface area contributed by atoms with E-state index in [4.69, 9.17) is 5.26 Å². The van der Waals surface area contributed by atoms with Gasteiger partial charge in [-0.25, -0.2) is 8.42 Å². The zero-order chi connectivity index (χ0) is 18.7. The lowest BCUT2D eigenvalue weighted by atomic mass is 10.2. The van der Waals surface area contributed by atoms with Gasteiger partial charge in [-0.1, -0.05) is 24.3 Å². The molecular formula is C18H16IN3O3S.